The largest absolute Gasteiger partial charge is 0.264 e. The van der Waals surface area contributed by atoms with E-state index in [1.54, 1.807) is 6.20 Å². The van der Waals surface area contributed by atoms with Crippen LogP contribution in [-0.2, 0) is 6.42 Å². The number of hydrogen-bond donors (Lipinski definition) is 0. The molecule has 226 valence electrons. The van der Waals surface area contributed by atoms with Gasteiger partial charge in [0.05, 0.1) is 0 Å². The molecule has 1 aliphatic carbocycles. The van der Waals surface area contributed by atoms with Crippen LogP contribution in [0.15, 0.2) is 140 Å². The fourth-order valence-corrected chi connectivity index (χ4v) is 6.74. The van der Waals surface area contributed by atoms with Crippen molar-refractivity contribution in [1.82, 2.24) is 19.9 Å². The van der Waals surface area contributed by atoms with Gasteiger partial charge in [-0.1, -0.05) is 110 Å². The van der Waals surface area contributed by atoms with Crippen molar-refractivity contribution in [2.45, 2.75) is 39.0 Å². The lowest BCUT2D eigenvalue weighted by molar-refractivity contribution is 0.321. The minimum Gasteiger partial charge on any atom is -0.264 e. The Morgan fingerprint density at radius 3 is 1.74 bits per heavy atom. The Kier molecular flexibility index (Phi) is 8.60. The maximum Gasteiger partial charge on any atom is 0.164 e. The zero-order valence-electron chi connectivity index (χ0n) is 26.3. The molecule has 2 unspecified atom stereocenters. The number of aryl methyl sites for hydroxylation is 1. The Labute approximate surface area is 272 Å². The van der Waals surface area contributed by atoms with E-state index in [4.69, 9.17) is 15.0 Å². The van der Waals surface area contributed by atoms with Crippen molar-refractivity contribution in [1.29, 1.82) is 0 Å². The summed E-state index contributed by atoms with van der Waals surface area (Å²) in [5.74, 6) is 3.44. The molecule has 2 aromatic heterocycles. The summed E-state index contributed by atoms with van der Waals surface area (Å²) in [7, 11) is 0. The Balaban J connectivity index is 1.27. The second kappa shape index (κ2) is 13.4. The minimum atomic E-state index is 0.639. The third-order valence-electron chi connectivity index (χ3n) is 8.96. The molecule has 4 aromatic carbocycles. The van der Waals surface area contributed by atoms with Crippen LogP contribution in [0, 0.1) is 11.8 Å². The molecule has 0 saturated heterocycles. The van der Waals surface area contributed by atoms with E-state index in [9.17, 15) is 0 Å². The first kappa shape index (κ1) is 29.5. The summed E-state index contributed by atoms with van der Waals surface area (Å²) in [6, 6.07) is 40.0. The number of aromatic nitrogens is 4. The van der Waals surface area contributed by atoms with Gasteiger partial charge >= 0.3 is 0 Å². The molecule has 1 saturated carbocycles. The maximum absolute atomic E-state index is 5.02. The molecule has 0 spiro atoms. The van der Waals surface area contributed by atoms with Crippen LogP contribution < -0.4 is 0 Å². The van der Waals surface area contributed by atoms with Gasteiger partial charge < -0.3 is 0 Å². The predicted molar refractivity (Wildman–Crippen MR) is 189 cm³/mol. The third kappa shape index (κ3) is 6.87. The Hall–Kier alpha value is -5.22. The summed E-state index contributed by atoms with van der Waals surface area (Å²) in [5.41, 5.74) is 10.0. The Morgan fingerprint density at radius 1 is 0.587 bits per heavy atom. The molecule has 1 fully saturated rings. The van der Waals surface area contributed by atoms with Crippen molar-refractivity contribution >= 4 is 0 Å². The summed E-state index contributed by atoms with van der Waals surface area (Å²) >= 11 is 0. The van der Waals surface area contributed by atoms with Crippen LogP contribution in [0.3, 0.4) is 0 Å². The van der Waals surface area contributed by atoms with Gasteiger partial charge in [-0.25, -0.2) is 15.0 Å². The lowest BCUT2D eigenvalue weighted by Crippen LogP contribution is -2.15. The normalized spacial score (nSPS) is 16.3. The molecular weight excluding hydrogens is 560 g/mol. The third-order valence-corrected chi connectivity index (χ3v) is 8.96. The maximum atomic E-state index is 5.02. The summed E-state index contributed by atoms with van der Waals surface area (Å²) < 4.78 is 0. The fraction of sp³-hybridized carbons (Fsp3) is 0.190. The van der Waals surface area contributed by atoms with Crippen molar-refractivity contribution < 1.29 is 0 Å². The second-order valence-corrected chi connectivity index (χ2v) is 12.7. The average Bonchev–Trinajstić information content (AvgIpc) is 3.11. The predicted octanol–water partition coefficient (Wildman–Crippen LogP) is 10.5. The van der Waals surface area contributed by atoms with Gasteiger partial charge in [-0.3, -0.25) is 4.98 Å². The topological polar surface area (TPSA) is 51.6 Å². The van der Waals surface area contributed by atoms with Gasteiger partial charge in [0.25, 0.3) is 0 Å². The summed E-state index contributed by atoms with van der Waals surface area (Å²) in [6.45, 7) is 6.66. The molecule has 0 radical (unpaired) electrons. The molecule has 4 nitrogen and oxygen atoms in total. The summed E-state index contributed by atoms with van der Waals surface area (Å²) in [6.07, 6.45) is 9.72. The number of allylic oxidation sites excluding steroid dienone is 1. The smallest absolute Gasteiger partial charge is 0.164 e. The minimum absolute atomic E-state index is 0.639. The lowest BCUT2D eigenvalue weighted by Gasteiger charge is -2.28. The van der Waals surface area contributed by atoms with E-state index in [1.165, 1.54) is 36.8 Å². The first-order chi connectivity index (χ1) is 22.6. The highest BCUT2D eigenvalue weighted by molar-refractivity contribution is 5.80. The van der Waals surface area contributed by atoms with E-state index in [0.717, 1.165) is 57.2 Å². The second-order valence-electron chi connectivity index (χ2n) is 12.7. The molecule has 2 heterocycles. The molecule has 2 atom stereocenters. The zero-order valence-corrected chi connectivity index (χ0v) is 26.3. The molecule has 6 aromatic rings. The summed E-state index contributed by atoms with van der Waals surface area (Å²) in [4.78, 5) is 19.3. The number of pyridine rings is 1. The van der Waals surface area contributed by atoms with E-state index >= 15 is 0 Å². The van der Waals surface area contributed by atoms with Crippen LogP contribution >= 0.6 is 0 Å². The van der Waals surface area contributed by atoms with Gasteiger partial charge in [-0.2, -0.15) is 0 Å². The molecule has 1 aliphatic rings. The Bertz CT molecular complexity index is 1880. The van der Waals surface area contributed by atoms with E-state index in [-0.39, 0.29) is 0 Å². The van der Waals surface area contributed by atoms with Crippen molar-refractivity contribution in [3.8, 4) is 56.4 Å². The van der Waals surface area contributed by atoms with E-state index in [1.807, 2.05) is 72.9 Å². The fourth-order valence-electron chi connectivity index (χ4n) is 6.74. The van der Waals surface area contributed by atoms with Crippen LogP contribution in [0.1, 0.15) is 38.2 Å². The van der Waals surface area contributed by atoms with Crippen molar-refractivity contribution in [2.75, 3.05) is 0 Å². The average molecular weight is 599 g/mol. The van der Waals surface area contributed by atoms with E-state index in [2.05, 4.69) is 67.0 Å². The highest BCUT2D eigenvalue weighted by atomic mass is 15.0. The van der Waals surface area contributed by atoms with Crippen LogP contribution in [0.25, 0.3) is 56.4 Å². The lowest BCUT2D eigenvalue weighted by atomic mass is 9.77. The number of nitrogens with zero attached hydrogens (tertiary/aromatic N) is 4. The Morgan fingerprint density at radius 2 is 1.15 bits per heavy atom. The molecule has 0 amide bonds. The molecular formula is C42H38N4. The highest BCUT2D eigenvalue weighted by Gasteiger charge is 2.21. The molecule has 0 N–H and O–H groups in total. The molecule has 0 aliphatic heterocycles. The molecule has 7 rings (SSSR count). The van der Waals surface area contributed by atoms with Crippen LogP contribution in [0.2, 0.25) is 0 Å². The van der Waals surface area contributed by atoms with Gasteiger partial charge in [0.15, 0.2) is 17.5 Å². The number of hydrogen-bond acceptors (Lipinski definition) is 4. The van der Waals surface area contributed by atoms with E-state index in [0.29, 0.717) is 17.5 Å². The molecule has 0 bridgehead atoms. The van der Waals surface area contributed by atoms with Gasteiger partial charge in [-0.05, 0) is 90.5 Å². The number of rotatable bonds is 8. The van der Waals surface area contributed by atoms with Gasteiger partial charge in [-0.15, -0.1) is 0 Å². The van der Waals surface area contributed by atoms with Crippen LogP contribution in [0.5, 0.6) is 0 Å². The van der Waals surface area contributed by atoms with Crippen LogP contribution in [-0.4, -0.2) is 19.9 Å². The standard InChI is InChI=1S/C42H38N4/c1-29-22-30(2)24-32(23-29)16-15-31-17-19-33(20-18-31)37-25-38(36-14-9-21-43-28-36)27-39(26-37)42-45-40(34-10-5-3-6-11-34)44-41(46-42)35-12-7-4-8-13-35/h3-14,17-21,25-28,30,32H,1,15-16,22-24H2,2H3. The van der Waals surface area contributed by atoms with Gasteiger partial charge in [0, 0.05) is 34.6 Å². The first-order valence-corrected chi connectivity index (χ1v) is 16.3. The zero-order chi connectivity index (χ0) is 31.3. The van der Waals surface area contributed by atoms with Gasteiger partial charge in [0.2, 0.25) is 0 Å². The van der Waals surface area contributed by atoms with Crippen molar-refractivity contribution in [3.63, 3.8) is 0 Å². The summed E-state index contributed by atoms with van der Waals surface area (Å²) in [5, 5.41) is 0. The molecule has 4 heteroatoms. The first-order valence-electron chi connectivity index (χ1n) is 16.3. The SMILES string of the molecule is C=C1CC(C)CC(CCc2ccc(-c3cc(-c4cccnc4)cc(-c4nc(-c5ccccc5)nc(-c5ccccc5)n4)c3)cc2)C1. The van der Waals surface area contributed by atoms with Crippen molar-refractivity contribution in [2.24, 2.45) is 11.8 Å². The quantitative estimate of drug-likeness (QED) is 0.164. The molecule has 46 heavy (non-hydrogen) atoms. The monoisotopic (exact) mass is 598 g/mol. The van der Waals surface area contributed by atoms with Crippen molar-refractivity contribution in [3.05, 3.63) is 145 Å². The van der Waals surface area contributed by atoms with E-state index < -0.39 is 0 Å². The number of benzene rings is 4. The van der Waals surface area contributed by atoms with Crippen LogP contribution in [0.4, 0.5) is 0 Å². The highest BCUT2D eigenvalue weighted by Crippen LogP contribution is 2.36. The van der Waals surface area contributed by atoms with Gasteiger partial charge in [0.1, 0.15) is 0 Å².